The number of pyridine rings is 1. The molecule has 0 bridgehead atoms. The summed E-state index contributed by atoms with van der Waals surface area (Å²) in [6.07, 6.45) is 4.42. The van der Waals surface area contributed by atoms with Crippen LogP contribution in [-0.4, -0.2) is 27.1 Å². The summed E-state index contributed by atoms with van der Waals surface area (Å²) in [7, 11) is 2.05. The molecular formula is C26H31Cl2N3O2. The number of halogens is 2. The van der Waals surface area contributed by atoms with E-state index in [1.807, 2.05) is 38.2 Å². The van der Waals surface area contributed by atoms with Crippen LogP contribution in [0.3, 0.4) is 0 Å². The molecule has 0 aliphatic carbocycles. The highest BCUT2D eigenvalue weighted by atomic mass is 35.5. The number of amides is 1. The number of hydrogen-bond acceptors (Lipinski definition) is 3. The van der Waals surface area contributed by atoms with E-state index in [2.05, 4.69) is 34.9 Å². The average Bonchev–Trinajstić information content (AvgIpc) is 3.01. The number of hydrogen-bond donors (Lipinski definition) is 1. The van der Waals surface area contributed by atoms with Crippen LogP contribution in [0, 0.1) is 13.8 Å². The molecule has 33 heavy (non-hydrogen) atoms. The standard InChI is InChI=1S/C26H31Cl2N3O2/c1-16-18(3)31(6)15-23(16)22(13-19-7-9-20(27)10-8-19)17(2)30-25(32)26(4,5)33-24-12-11-21(28)14-29-24/h7-12,14-15,17,22H,13H2,1-6H3,(H,30,32). The normalized spacial score (nSPS) is 13.5. The second-order valence-corrected chi connectivity index (χ2v) is 9.90. The highest BCUT2D eigenvalue weighted by molar-refractivity contribution is 6.30. The van der Waals surface area contributed by atoms with Crippen molar-refractivity contribution in [1.82, 2.24) is 14.9 Å². The zero-order valence-corrected chi connectivity index (χ0v) is 21.5. The van der Waals surface area contributed by atoms with Crippen LogP contribution >= 0.6 is 23.2 Å². The lowest BCUT2D eigenvalue weighted by atomic mass is 9.85. The van der Waals surface area contributed by atoms with Gasteiger partial charge in [-0.3, -0.25) is 4.79 Å². The molecular weight excluding hydrogens is 457 g/mol. The zero-order valence-electron chi connectivity index (χ0n) is 19.9. The van der Waals surface area contributed by atoms with Crippen molar-refractivity contribution >= 4 is 29.1 Å². The van der Waals surface area contributed by atoms with Gasteiger partial charge in [-0.1, -0.05) is 35.3 Å². The van der Waals surface area contributed by atoms with Crippen molar-refractivity contribution < 1.29 is 9.53 Å². The van der Waals surface area contributed by atoms with Crippen LogP contribution in [0.1, 0.15) is 49.1 Å². The molecule has 3 aromatic rings. The first kappa shape index (κ1) is 25.1. The molecule has 2 atom stereocenters. The van der Waals surface area contributed by atoms with E-state index in [4.69, 9.17) is 27.9 Å². The van der Waals surface area contributed by atoms with E-state index >= 15 is 0 Å². The van der Waals surface area contributed by atoms with Crippen molar-refractivity contribution in [2.75, 3.05) is 0 Å². The van der Waals surface area contributed by atoms with E-state index < -0.39 is 5.60 Å². The van der Waals surface area contributed by atoms with Gasteiger partial charge in [0.05, 0.1) is 5.02 Å². The molecule has 7 heteroatoms. The minimum Gasteiger partial charge on any atom is -0.462 e. The first-order valence-electron chi connectivity index (χ1n) is 11.0. The van der Waals surface area contributed by atoms with Crippen molar-refractivity contribution in [3.8, 4) is 5.88 Å². The maximum atomic E-state index is 13.2. The van der Waals surface area contributed by atoms with E-state index in [0.29, 0.717) is 15.9 Å². The van der Waals surface area contributed by atoms with Crippen molar-refractivity contribution in [2.45, 2.75) is 58.6 Å². The molecule has 0 aliphatic heterocycles. The minimum absolute atomic E-state index is 0.0690. The molecule has 5 nitrogen and oxygen atoms in total. The van der Waals surface area contributed by atoms with Gasteiger partial charge < -0.3 is 14.6 Å². The average molecular weight is 488 g/mol. The number of rotatable bonds is 8. The lowest BCUT2D eigenvalue weighted by molar-refractivity contribution is -0.135. The van der Waals surface area contributed by atoms with Crippen LogP contribution in [-0.2, 0) is 18.3 Å². The minimum atomic E-state index is -1.11. The molecule has 1 N–H and O–H groups in total. The molecule has 176 valence electrons. The molecule has 2 unspecified atom stereocenters. The Hall–Kier alpha value is -2.50. The van der Waals surface area contributed by atoms with Gasteiger partial charge in [0.1, 0.15) is 0 Å². The van der Waals surface area contributed by atoms with E-state index in [9.17, 15) is 4.79 Å². The first-order chi connectivity index (χ1) is 15.5. The van der Waals surface area contributed by atoms with Crippen molar-refractivity contribution in [2.24, 2.45) is 7.05 Å². The number of nitrogens with zero attached hydrogens (tertiary/aromatic N) is 2. The summed E-state index contributed by atoms with van der Waals surface area (Å²) in [5.74, 6) is 0.206. The Balaban J connectivity index is 1.83. The maximum absolute atomic E-state index is 13.2. The Kier molecular flexibility index (Phi) is 7.76. The van der Waals surface area contributed by atoms with Crippen LogP contribution in [0.4, 0.5) is 0 Å². The van der Waals surface area contributed by atoms with E-state index in [1.165, 1.54) is 23.0 Å². The lowest BCUT2D eigenvalue weighted by Crippen LogP contribution is -2.51. The van der Waals surface area contributed by atoms with Gasteiger partial charge in [0, 0.05) is 48.2 Å². The number of carbonyl (C=O) groups is 1. The summed E-state index contributed by atoms with van der Waals surface area (Å²) in [5, 5.41) is 4.40. The second kappa shape index (κ2) is 10.2. The maximum Gasteiger partial charge on any atom is 0.263 e. The molecule has 0 fully saturated rings. The van der Waals surface area contributed by atoms with Gasteiger partial charge in [0.2, 0.25) is 5.88 Å². The van der Waals surface area contributed by atoms with E-state index in [-0.39, 0.29) is 17.9 Å². The Morgan fingerprint density at radius 2 is 1.76 bits per heavy atom. The number of carbonyl (C=O) groups excluding carboxylic acids is 1. The monoisotopic (exact) mass is 487 g/mol. The van der Waals surface area contributed by atoms with Gasteiger partial charge in [-0.25, -0.2) is 4.98 Å². The number of ether oxygens (including phenoxy) is 1. The van der Waals surface area contributed by atoms with Crippen LogP contribution < -0.4 is 10.1 Å². The van der Waals surface area contributed by atoms with Crippen molar-refractivity contribution in [3.63, 3.8) is 0 Å². The highest BCUT2D eigenvalue weighted by Crippen LogP contribution is 2.31. The predicted octanol–water partition coefficient (Wildman–Crippen LogP) is 6.03. The van der Waals surface area contributed by atoms with E-state index in [0.717, 1.165) is 12.0 Å². The highest BCUT2D eigenvalue weighted by Gasteiger charge is 2.34. The van der Waals surface area contributed by atoms with Crippen molar-refractivity contribution in [1.29, 1.82) is 0 Å². The largest absolute Gasteiger partial charge is 0.462 e. The van der Waals surface area contributed by atoms with Crippen LogP contribution in [0.5, 0.6) is 5.88 Å². The van der Waals surface area contributed by atoms with Crippen LogP contribution in [0.25, 0.3) is 0 Å². The van der Waals surface area contributed by atoms with Gasteiger partial charge in [-0.15, -0.1) is 0 Å². The summed E-state index contributed by atoms with van der Waals surface area (Å²) >= 11 is 12.0. The third-order valence-corrected chi connectivity index (χ3v) is 6.65. The summed E-state index contributed by atoms with van der Waals surface area (Å²) in [6, 6.07) is 11.1. The fourth-order valence-electron chi connectivity index (χ4n) is 3.89. The van der Waals surface area contributed by atoms with Crippen LogP contribution in [0.15, 0.2) is 48.8 Å². The molecule has 2 heterocycles. The zero-order chi connectivity index (χ0) is 24.3. The molecule has 3 rings (SSSR count). The Morgan fingerprint density at radius 1 is 1.12 bits per heavy atom. The Morgan fingerprint density at radius 3 is 2.30 bits per heavy atom. The van der Waals surface area contributed by atoms with Gasteiger partial charge >= 0.3 is 0 Å². The number of nitrogens with one attached hydrogen (secondary N) is 1. The van der Waals surface area contributed by atoms with Gasteiger partial charge in [-0.05, 0) is 75.9 Å². The molecule has 2 aromatic heterocycles. The number of benzene rings is 1. The van der Waals surface area contributed by atoms with Gasteiger partial charge in [0.15, 0.2) is 5.60 Å². The third-order valence-electron chi connectivity index (χ3n) is 6.17. The third kappa shape index (κ3) is 6.10. The van der Waals surface area contributed by atoms with E-state index in [1.54, 1.807) is 26.0 Å². The van der Waals surface area contributed by atoms with Crippen LogP contribution in [0.2, 0.25) is 10.0 Å². The molecule has 0 saturated carbocycles. The summed E-state index contributed by atoms with van der Waals surface area (Å²) in [6.45, 7) is 9.75. The fraction of sp³-hybridized carbons (Fsp3) is 0.385. The second-order valence-electron chi connectivity index (χ2n) is 9.03. The number of aryl methyl sites for hydroxylation is 1. The molecule has 1 amide bonds. The van der Waals surface area contributed by atoms with Gasteiger partial charge in [-0.2, -0.15) is 0 Å². The summed E-state index contributed by atoms with van der Waals surface area (Å²) in [4.78, 5) is 17.4. The van der Waals surface area contributed by atoms with Crippen molar-refractivity contribution in [3.05, 3.63) is 81.2 Å². The molecule has 0 aliphatic rings. The number of aromatic nitrogens is 2. The topological polar surface area (TPSA) is 56.1 Å². The first-order valence-corrected chi connectivity index (χ1v) is 11.7. The predicted molar refractivity (Wildman–Crippen MR) is 134 cm³/mol. The molecule has 0 radical (unpaired) electrons. The quantitative estimate of drug-likeness (QED) is 0.421. The summed E-state index contributed by atoms with van der Waals surface area (Å²) in [5.41, 5.74) is 3.71. The summed E-state index contributed by atoms with van der Waals surface area (Å²) < 4.78 is 8.02. The Bertz CT molecular complexity index is 1110. The molecule has 1 aromatic carbocycles. The molecule has 0 spiro atoms. The SMILES string of the molecule is Cc1c(C(Cc2ccc(Cl)cc2)C(C)NC(=O)C(C)(C)Oc2ccc(Cl)cn2)cn(C)c1C. The smallest absolute Gasteiger partial charge is 0.263 e. The van der Waals surface area contributed by atoms with Gasteiger partial charge in [0.25, 0.3) is 5.91 Å². The lowest BCUT2D eigenvalue weighted by Gasteiger charge is -2.30. The Labute approximate surface area is 206 Å². The molecule has 0 saturated heterocycles. The fourth-order valence-corrected chi connectivity index (χ4v) is 4.13.